The van der Waals surface area contributed by atoms with E-state index in [4.69, 9.17) is 20.8 Å². The van der Waals surface area contributed by atoms with Gasteiger partial charge in [0.1, 0.15) is 6.26 Å². The summed E-state index contributed by atoms with van der Waals surface area (Å²) in [7, 11) is 0. The fraction of sp³-hybridized carbons (Fsp3) is 0.393. The maximum Gasteiger partial charge on any atom is 0.416 e. The first-order valence-electron chi connectivity index (χ1n) is 12.7. The summed E-state index contributed by atoms with van der Waals surface area (Å²) in [5, 5.41) is 0.540. The predicted molar refractivity (Wildman–Crippen MR) is 138 cm³/mol. The zero-order chi connectivity index (χ0) is 28.0. The summed E-state index contributed by atoms with van der Waals surface area (Å²) in [4.78, 5) is 33.0. The number of likely N-dealkylation sites (tertiary alicyclic amines) is 1. The van der Waals surface area contributed by atoms with Gasteiger partial charge in [0.05, 0.1) is 24.6 Å². The molecule has 1 amide bonds. The number of alkyl halides is 3. The van der Waals surface area contributed by atoms with Crippen molar-refractivity contribution in [2.45, 2.75) is 45.6 Å². The molecule has 0 N–H and O–H groups in total. The number of amides is 1. The number of halogens is 4. The molecule has 39 heavy (non-hydrogen) atoms. The summed E-state index contributed by atoms with van der Waals surface area (Å²) in [6.45, 7) is 3.43. The van der Waals surface area contributed by atoms with Crippen molar-refractivity contribution in [3.63, 3.8) is 0 Å². The Hall–Kier alpha value is -3.37. The number of oxazole rings is 1. The summed E-state index contributed by atoms with van der Waals surface area (Å²) in [6, 6.07) is 12.3. The smallest absolute Gasteiger partial charge is 0.416 e. The van der Waals surface area contributed by atoms with Crippen LogP contribution in [0.5, 0.6) is 0 Å². The number of esters is 1. The molecule has 1 aliphatic rings. The van der Waals surface area contributed by atoms with Gasteiger partial charge in [-0.2, -0.15) is 13.2 Å². The van der Waals surface area contributed by atoms with Crippen molar-refractivity contribution >= 4 is 23.5 Å². The fourth-order valence-electron chi connectivity index (χ4n) is 4.61. The molecule has 1 aromatic heterocycles. The molecule has 2 aromatic carbocycles. The molecule has 0 spiro atoms. The normalized spacial score (nSPS) is 15.9. The van der Waals surface area contributed by atoms with Crippen LogP contribution in [0.4, 0.5) is 13.2 Å². The molecule has 4 rings (SSSR count). The van der Waals surface area contributed by atoms with E-state index < -0.39 is 11.7 Å². The van der Waals surface area contributed by atoms with Crippen LogP contribution in [0.2, 0.25) is 5.02 Å². The third kappa shape index (κ3) is 7.83. The number of benzene rings is 2. The monoisotopic (exact) mass is 563 g/mol. The van der Waals surface area contributed by atoms with Crippen molar-refractivity contribution in [2.24, 2.45) is 5.92 Å². The molecule has 3 aromatic rings. The lowest BCUT2D eigenvalue weighted by Gasteiger charge is -2.30. The molecule has 208 valence electrons. The van der Waals surface area contributed by atoms with Gasteiger partial charge < -0.3 is 14.1 Å². The van der Waals surface area contributed by atoms with Crippen LogP contribution in [0, 0.1) is 5.92 Å². The van der Waals surface area contributed by atoms with Crippen molar-refractivity contribution < 1.29 is 31.9 Å². The number of nitrogens with zero attached hydrogens (tertiary/aromatic N) is 3. The topological polar surface area (TPSA) is 75.9 Å². The Morgan fingerprint density at radius 3 is 2.54 bits per heavy atom. The lowest BCUT2D eigenvalue weighted by molar-refractivity contribution is -0.149. The van der Waals surface area contributed by atoms with E-state index in [1.807, 2.05) is 11.0 Å². The van der Waals surface area contributed by atoms with Gasteiger partial charge in [0.25, 0.3) is 5.91 Å². The molecule has 1 fully saturated rings. The van der Waals surface area contributed by atoms with E-state index >= 15 is 0 Å². The number of hydrogen-bond donors (Lipinski definition) is 0. The zero-order valence-corrected chi connectivity index (χ0v) is 22.2. The second-order valence-electron chi connectivity index (χ2n) is 9.44. The van der Waals surface area contributed by atoms with E-state index in [1.165, 1.54) is 12.3 Å². The van der Waals surface area contributed by atoms with Crippen molar-refractivity contribution in [2.75, 3.05) is 19.7 Å². The summed E-state index contributed by atoms with van der Waals surface area (Å²) in [6.07, 6.45) is -1.86. The third-order valence-corrected chi connectivity index (χ3v) is 6.65. The van der Waals surface area contributed by atoms with E-state index in [9.17, 15) is 22.8 Å². The van der Waals surface area contributed by atoms with Crippen molar-refractivity contribution in [1.82, 2.24) is 14.8 Å². The van der Waals surface area contributed by atoms with Crippen LogP contribution in [0.15, 0.2) is 59.2 Å². The van der Waals surface area contributed by atoms with Gasteiger partial charge >= 0.3 is 12.1 Å². The van der Waals surface area contributed by atoms with E-state index in [1.54, 1.807) is 36.1 Å². The minimum Gasteiger partial charge on any atom is -0.466 e. The maximum absolute atomic E-state index is 13.3. The van der Waals surface area contributed by atoms with Gasteiger partial charge in [-0.3, -0.25) is 14.5 Å². The molecule has 0 aliphatic carbocycles. The number of piperidine rings is 1. The van der Waals surface area contributed by atoms with Gasteiger partial charge in [0.15, 0.2) is 5.69 Å². The van der Waals surface area contributed by atoms with E-state index in [2.05, 4.69) is 4.98 Å². The zero-order valence-electron chi connectivity index (χ0n) is 21.4. The highest BCUT2D eigenvalue weighted by Gasteiger charge is 2.32. The number of ether oxygens (including phenoxy) is 1. The van der Waals surface area contributed by atoms with Crippen LogP contribution < -0.4 is 0 Å². The van der Waals surface area contributed by atoms with Gasteiger partial charge in [-0.25, -0.2) is 4.98 Å². The molecular weight excluding hydrogens is 535 g/mol. The van der Waals surface area contributed by atoms with Crippen molar-refractivity contribution in [3.05, 3.63) is 88.1 Å². The Kier molecular flexibility index (Phi) is 9.29. The Morgan fingerprint density at radius 2 is 1.85 bits per heavy atom. The molecule has 1 aliphatic heterocycles. The minimum atomic E-state index is -4.45. The SMILES string of the molecule is CCOC(=O)[C@H]1CCCN(C(=O)c2coc(CN(Cc3cccc(Cl)c3)Cc3cccc(C(F)(F)F)c3)n2)C1. The van der Waals surface area contributed by atoms with E-state index in [-0.39, 0.29) is 55.6 Å². The third-order valence-electron chi connectivity index (χ3n) is 6.41. The van der Waals surface area contributed by atoms with Crippen LogP contribution in [0.3, 0.4) is 0 Å². The highest BCUT2D eigenvalue weighted by molar-refractivity contribution is 6.30. The number of carbonyl (C=O) groups is 2. The standard InChI is InChI=1S/C28H29ClF3N3O4/c1-2-38-27(37)21-8-5-11-35(16-21)26(36)24-18-39-25(33-24)17-34(15-20-7-4-10-23(29)13-20)14-19-6-3-9-22(12-19)28(30,31)32/h3-4,6-7,9-10,12-13,18,21H,2,5,8,11,14-17H2,1H3/t21-/m0/s1. The molecule has 0 radical (unpaired) electrons. The van der Waals surface area contributed by atoms with E-state index in [0.717, 1.165) is 17.7 Å². The van der Waals surface area contributed by atoms with Gasteiger partial charge in [-0.1, -0.05) is 41.9 Å². The summed E-state index contributed by atoms with van der Waals surface area (Å²) < 4.78 is 50.5. The predicted octanol–water partition coefficient (Wildman–Crippen LogP) is 5.96. The largest absolute Gasteiger partial charge is 0.466 e. The maximum atomic E-state index is 13.3. The Morgan fingerprint density at radius 1 is 1.13 bits per heavy atom. The van der Waals surface area contributed by atoms with Crippen LogP contribution >= 0.6 is 11.6 Å². The summed E-state index contributed by atoms with van der Waals surface area (Å²) >= 11 is 6.13. The fourth-order valence-corrected chi connectivity index (χ4v) is 4.83. The first-order valence-corrected chi connectivity index (χ1v) is 13.0. The molecule has 0 saturated carbocycles. The Bertz CT molecular complexity index is 1300. The number of carbonyl (C=O) groups excluding carboxylic acids is 2. The van der Waals surface area contributed by atoms with E-state index in [0.29, 0.717) is 36.5 Å². The molecule has 2 heterocycles. The van der Waals surface area contributed by atoms with Gasteiger partial charge in [0.2, 0.25) is 5.89 Å². The molecule has 0 unspecified atom stereocenters. The molecule has 1 atom stereocenters. The van der Waals surface area contributed by atoms with Gasteiger partial charge in [-0.05, 0) is 49.1 Å². The average Bonchev–Trinajstić information content (AvgIpc) is 3.36. The average molecular weight is 564 g/mol. The molecule has 7 nitrogen and oxygen atoms in total. The van der Waals surface area contributed by atoms with Crippen LogP contribution in [-0.4, -0.2) is 46.4 Å². The lowest BCUT2D eigenvalue weighted by atomic mass is 9.98. The second kappa shape index (κ2) is 12.7. The molecule has 1 saturated heterocycles. The second-order valence-corrected chi connectivity index (χ2v) is 9.88. The van der Waals surface area contributed by atoms with Crippen molar-refractivity contribution in [1.29, 1.82) is 0 Å². The highest BCUT2D eigenvalue weighted by Crippen LogP contribution is 2.30. The van der Waals surface area contributed by atoms with Gasteiger partial charge in [-0.15, -0.1) is 0 Å². The minimum absolute atomic E-state index is 0.108. The van der Waals surface area contributed by atoms with Gasteiger partial charge in [0, 0.05) is 31.2 Å². The number of aromatic nitrogens is 1. The Labute approximate surface area is 229 Å². The number of rotatable bonds is 9. The Balaban J connectivity index is 1.49. The lowest BCUT2D eigenvalue weighted by Crippen LogP contribution is -2.43. The summed E-state index contributed by atoms with van der Waals surface area (Å²) in [5.74, 6) is -0.804. The number of hydrogen-bond acceptors (Lipinski definition) is 6. The first-order chi connectivity index (χ1) is 18.6. The quantitative estimate of drug-likeness (QED) is 0.299. The first kappa shape index (κ1) is 28.6. The van der Waals surface area contributed by atoms with Crippen LogP contribution in [-0.2, 0) is 35.3 Å². The van der Waals surface area contributed by atoms with Crippen LogP contribution in [0.1, 0.15) is 52.8 Å². The van der Waals surface area contributed by atoms with Crippen LogP contribution in [0.25, 0.3) is 0 Å². The molecular formula is C28H29ClF3N3O4. The molecule has 0 bridgehead atoms. The molecule has 11 heteroatoms. The summed E-state index contributed by atoms with van der Waals surface area (Å²) in [5.41, 5.74) is 0.703. The highest BCUT2D eigenvalue weighted by atomic mass is 35.5. The van der Waals surface area contributed by atoms with Crippen molar-refractivity contribution in [3.8, 4) is 0 Å².